The molecule has 1 fully saturated rings. The molecule has 0 atom stereocenters. The number of hydrogen-bond acceptors (Lipinski definition) is 4. The van der Waals surface area contributed by atoms with Crippen LogP contribution in [0.3, 0.4) is 0 Å². The van der Waals surface area contributed by atoms with Crippen molar-refractivity contribution in [1.82, 2.24) is 4.98 Å². The number of fused-ring (bicyclic) bond motifs is 1. The Labute approximate surface area is 97.6 Å². The van der Waals surface area contributed by atoms with Gasteiger partial charge in [0.2, 0.25) is 0 Å². The number of nitro benzene ring substituents is 1. The van der Waals surface area contributed by atoms with Crippen LogP contribution in [-0.4, -0.2) is 15.9 Å². The lowest BCUT2D eigenvalue weighted by Gasteiger charge is -2.04. The van der Waals surface area contributed by atoms with E-state index in [-0.39, 0.29) is 5.69 Å². The van der Waals surface area contributed by atoms with Crippen LogP contribution in [0.1, 0.15) is 12.8 Å². The molecule has 1 aromatic heterocycles. The second-order valence-electron chi connectivity index (χ2n) is 4.25. The summed E-state index contributed by atoms with van der Waals surface area (Å²) >= 11 is 0. The van der Waals surface area contributed by atoms with Gasteiger partial charge in [0.05, 0.1) is 10.4 Å². The molecule has 17 heavy (non-hydrogen) atoms. The molecule has 0 aliphatic heterocycles. The largest absolute Gasteiger partial charge is 0.367 e. The van der Waals surface area contributed by atoms with Crippen molar-refractivity contribution in [3.05, 3.63) is 40.4 Å². The van der Waals surface area contributed by atoms with Gasteiger partial charge in [0.15, 0.2) is 0 Å². The molecule has 1 saturated carbocycles. The Balaban J connectivity index is 1.99. The lowest BCUT2D eigenvalue weighted by atomic mass is 10.2. The molecule has 0 saturated heterocycles. The zero-order chi connectivity index (χ0) is 11.8. The van der Waals surface area contributed by atoms with E-state index in [0.717, 1.165) is 16.7 Å². The number of nitrogens with one attached hydrogen (secondary N) is 1. The third-order valence-corrected chi connectivity index (χ3v) is 2.81. The number of benzene rings is 1. The van der Waals surface area contributed by atoms with Gasteiger partial charge in [-0.2, -0.15) is 0 Å². The van der Waals surface area contributed by atoms with Gasteiger partial charge in [0.25, 0.3) is 5.69 Å². The van der Waals surface area contributed by atoms with Gasteiger partial charge in [-0.15, -0.1) is 0 Å². The van der Waals surface area contributed by atoms with Crippen LogP contribution in [0, 0.1) is 10.1 Å². The third-order valence-electron chi connectivity index (χ3n) is 2.81. The van der Waals surface area contributed by atoms with Crippen LogP contribution in [0.25, 0.3) is 10.9 Å². The Morgan fingerprint density at radius 3 is 2.82 bits per heavy atom. The Kier molecular flexibility index (Phi) is 2.18. The second kappa shape index (κ2) is 3.69. The highest BCUT2D eigenvalue weighted by molar-refractivity contribution is 5.82. The summed E-state index contributed by atoms with van der Waals surface area (Å²) in [5.41, 5.74) is 0.878. The average Bonchev–Trinajstić information content (AvgIpc) is 3.12. The summed E-state index contributed by atoms with van der Waals surface area (Å²) in [4.78, 5) is 14.7. The fourth-order valence-electron chi connectivity index (χ4n) is 1.74. The topological polar surface area (TPSA) is 68.1 Å². The summed E-state index contributed by atoms with van der Waals surface area (Å²) in [7, 11) is 0. The second-order valence-corrected chi connectivity index (χ2v) is 4.25. The molecule has 1 N–H and O–H groups in total. The summed E-state index contributed by atoms with van der Waals surface area (Å²) in [6.45, 7) is 0. The van der Waals surface area contributed by atoms with Crippen LogP contribution in [0.5, 0.6) is 0 Å². The van der Waals surface area contributed by atoms with E-state index in [1.165, 1.54) is 18.9 Å². The maximum atomic E-state index is 10.6. The number of nitro groups is 1. The molecule has 2 aromatic rings. The molecule has 5 heteroatoms. The zero-order valence-corrected chi connectivity index (χ0v) is 9.09. The fourth-order valence-corrected chi connectivity index (χ4v) is 1.74. The van der Waals surface area contributed by atoms with E-state index in [0.29, 0.717) is 6.04 Å². The van der Waals surface area contributed by atoms with Crippen molar-refractivity contribution < 1.29 is 4.92 Å². The highest BCUT2D eigenvalue weighted by atomic mass is 16.6. The minimum Gasteiger partial charge on any atom is -0.367 e. The van der Waals surface area contributed by atoms with Gasteiger partial charge in [-0.05, 0) is 31.0 Å². The number of rotatable bonds is 3. The molecule has 86 valence electrons. The Hall–Kier alpha value is -2.17. The average molecular weight is 229 g/mol. The van der Waals surface area contributed by atoms with Gasteiger partial charge in [-0.1, -0.05) is 0 Å². The van der Waals surface area contributed by atoms with Crippen molar-refractivity contribution in [1.29, 1.82) is 0 Å². The van der Waals surface area contributed by atoms with Gasteiger partial charge >= 0.3 is 0 Å². The molecule has 0 unspecified atom stereocenters. The van der Waals surface area contributed by atoms with E-state index >= 15 is 0 Å². The molecular formula is C12H11N3O2. The molecule has 0 amide bonds. The summed E-state index contributed by atoms with van der Waals surface area (Å²) < 4.78 is 0. The van der Waals surface area contributed by atoms with Crippen molar-refractivity contribution in [3.8, 4) is 0 Å². The normalized spacial score (nSPS) is 14.8. The minimum atomic E-state index is -0.393. The highest BCUT2D eigenvalue weighted by Gasteiger charge is 2.21. The minimum absolute atomic E-state index is 0.0993. The van der Waals surface area contributed by atoms with E-state index in [9.17, 15) is 10.1 Å². The summed E-state index contributed by atoms with van der Waals surface area (Å²) in [6.07, 6.45) is 2.39. The Morgan fingerprint density at radius 2 is 2.12 bits per heavy atom. The summed E-state index contributed by atoms with van der Waals surface area (Å²) in [5, 5.41) is 14.7. The molecule has 1 aliphatic carbocycles. The zero-order valence-electron chi connectivity index (χ0n) is 9.09. The third kappa shape index (κ3) is 2.04. The van der Waals surface area contributed by atoms with Gasteiger partial charge in [0.1, 0.15) is 5.82 Å². The standard InChI is InChI=1S/C12H11N3O2/c16-15(17)10-4-5-11-8(7-10)1-6-12(14-11)13-9-2-3-9/h1,4-7,9H,2-3H2,(H,13,14). The maximum absolute atomic E-state index is 10.6. The fraction of sp³-hybridized carbons (Fsp3) is 0.250. The number of nitrogens with zero attached hydrogens (tertiary/aromatic N) is 2. The highest BCUT2D eigenvalue weighted by Crippen LogP contribution is 2.26. The maximum Gasteiger partial charge on any atom is 0.270 e. The lowest BCUT2D eigenvalue weighted by molar-refractivity contribution is -0.384. The van der Waals surface area contributed by atoms with Crippen molar-refractivity contribution >= 4 is 22.4 Å². The van der Waals surface area contributed by atoms with Crippen LogP contribution < -0.4 is 5.32 Å². The van der Waals surface area contributed by atoms with Gasteiger partial charge in [0, 0.05) is 23.6 Å². The van der Waals surface area contributed by atoms with Crippen LogP contribution in [-0.2, 0) is 0 Å². The van der Waals surface area contributed by atoms with E-state index < -0.39 is 4.92 Å². The van der Waals surface area contributed by atoms with Crippen LogP contribution in [0.2, 0.25) is 0 Å². The first-order valence-electron chi connectivity index (χ1n) is 5.54. The molecule has 0 radical (unpaired) electrons. The molecule has 1 aliphatic rings. The first-order chi connectivity index (χ1) is 8.22. The molecule has 1 heterocycles. The number of non-ortho nitro benzene ring substituents is 1. The van der Waals surface area contributed by atoms with Gasteiger partial charge in [-0.3, -0.25) is 10.1 Å². The molecule has 1 aromatic carbocycles. The van der Waals surface area contributed by atoms with Gasteiger partial charge < -0.3 is 5.32 Å². The van der Waals surface area contributed by atoms with Crippen molar-refractivity contribution in [2.24, 2.45) is 0 Å². The van der Waals surface area contributed by atoms with Crippen LogP contribution in [0.4, 0.5) is 11.5 Å². The molecule has 0 bridgehead atoms. The van der Waals surface area contributed by atoms with E-state index in [1.54, 1.807) is 12.1 Å². The van der Waals surface area contributed by atoms with Gasteiger partial charge in [-0.25, -0.2) is 4.98 Å². The number of aromatic nitrogens is 1. The predicted octanol–water partition coefficient (Wildman–Crippen LogP) is 2.72. The van der Waals surface area contributed by atoms with Crippen LogP contribution in [0.15, 0.2) is 30.3 Å². The molecular weight excluding hydrogens is 218 g/mol. The lowest BCUT2D eigenvalue weighted by Crippen LogP contribution is -2.02. The Morgan fingerprint density at radius 1 is 1.29 bits per heavy atom. The van der Waals surface area contributed by atoms with Crippen molar-refractivity contribution in [2.45, 2.75) is 18.9 Å². The molecule has 0 spiro atoms. The van der Waals surface area contributed by atoms with Crippen molar-refractivity contribution in [2.75, 3.05) is 5.32 Å². The monoisotopic (exact) mass is 229 g/mol. The van der Waals surface area contributed by atoms with E-state index in [4.69, 9.17) is 0 Å². The quantitative estimate of drug-likeness (QED) is 0.649. The first-order valence-corrected chi connectivity index (χ1v) is 5.54. The smallest absolute Gasteiger partial charge is 0.270 e. The predicted molar refractivity (Wildman–Crippen MR) is 65.0 cm³/mol. The van der Waals surface area contributed by atoms with E-state index in [1.807, 2.05) is 12.1 Å². The van der Waals surface area contributed by atoms with E-state index in [2.05, 4.69) is 10.3 Å². The van der Waals surface area contributed by atoms with Crippen LogP contribution >= 0.6 is 0 Å². The number of anilines is 1. The summed E-state index contributed by atoms with van der Waals surface area (Å²) in [5.74, 6) is 0.842. The van der Waals surface area contributed by atoms with Crippen molar-refractivity contribution in [3.63, 3.8) is 0 Å². The number of pyridine rings is 1. The number of hydrogen-bond donors (Lipinski definition) is 1. The summed E-state index contributed by atoms with van der Waals surface area (Å²) in [6, 6.07) is 8.99. The Bertz CT molecular complexity index is 593. The molecule has 3 rings (SSSR count). The first kappa shape index (κ1) is 10.0. The SMILES string of the molecule is O=[N+]([O-])c1ccc2nc(NC3CC3)ccc2c1. The molecule has 5 nitrogen and oxygen atoms in total.